The minimum Gasteiger partial charge on any atom is -0.493 e. The fraction of sp³-hybridized carbons (Fsp3) is 0.0882. The van der Waals surface area contributed by atoms with E-state index in [0.29, 0.717) is 29.3 Å². The minimum atomic E-state index is -0.375. The Morgan fingerprint density at radius 2 is 1.54 bits per heavy atom. The maximum atomic E-state index is 13.6. The van der Waals surface area contributed by atoms with Crippen molar-refractivity contribution in [3.05, 3.63) is 142 Å². The number of ether oxygens (including phenoxy) is 2. The molecule has 5 aromatic carbocycles. The van der Waals surface area contributed by atoms with Crippen molar-refractivity contribution in [2.45, 2.75) is 12.5 Å². The fourth-order valence-corrected chi connectivity index (χ4v) is 5.61. The molecule has 0 fully saturated rings. The summed E-state index contributed by atoms with van der Waals surface area (Å²) in [4.78, 5) is 13.6. The standard InChI is InChI=1S/C34H25NO4/c1-37-29-19-23(16-18-28(29)38-20-21-9-3-2-4-10-21)30-31-24-12-6-5-11-22(24)15-17-26(31)35-33-25-13-7-8-14-27(25)39-34(36)32(30)33/h2-19,30,35H,20H2,1H3. The third-order valence-corrected chi connectivity index (χ3v) is 7.41. The number of fused-ring (bicyclic) bond motifs is 6. The van der Waals surface area contributed by atoms with Gasteiger partial charge in [0.15, 0.2) is 11.5 Å². The van der Waals surface area contributed by atoms with Crippen molar-refractivity contribution in [2.24, 2.45) is 0 Å². The molecule has 1 aliphatic rings. The zero-order chi connectivity index (χ0) is 26.3. The molecule has 5 heteroatoms. The van der Waals surface area contributed by atoms with Crippen LogP contribution in [0.1, 0.15) is 28.2 Å². The van der Waals surface area contributed by atoms with Crippen LogP contribution in [0.2, 0.25) is 0 Å². The van der Waals surface area contributed by atoms with Crippen molar-refractivity contribution in [1.29, 1.82) is 0 Å². The van der Waals surface area contributed by atoms with Gasteiger partial charge < -0.3 is 19.2 Å². The Hall–Kier alpha value is -5.03. The van der Waals surface area contributed by atoms with Crippen LogP contribution in [0.5, 0.6) is 11.5 Å². The van der Waals surface area contributed by atoms with Gasteiger partial charge in [-0.15, -0.1) is 0 Å². The summed E-state index contributed by atoms with van der Waals surface area (Å²) in [6.07, 6.45) is 0. The van der Waals surface area contributed by atoms with E-state index in [1.165, 1.54) is 0 Å². The van der Waals surface area contributed by atoms with Gasteiger partial charge >= 0.3 is 5.63 Å². The number of anilines is 2. The molecule has 0 radical (unpaired) electrons. The molecule has 0 aliphatic carbocycles. The van der Waals surface area contributed by atoms with E-state index in [1.54, 1.807) is 7.11 Å². The van der Waals surface area contributed by atoms with Gasteiger partial charge in [-0.3, -0.25) is 0 Å². The van der Waals surface area contributed by atoms with E-state index >= 15 is 0 Å². The molecule has 39 heavy (non-hydrogen) atoms. The van der Waals surface area contributed by atoms with Gasteiger partial charge in [0.1, 0.15) is 12.2 Å². The van der Waals surface area contributed by atoms with Crippen LogP contribution in [0, 0.1) is 0 Å². The Morgan fingerprint density at radius 1 is 0.769 bits per heavy atom. The molecule has 2 heterocycles. The first-order valence-electron chi connectivity index (χ1n) is 12.9. The van der Waals surface area contributed by atoms with Crippen molar-refractivity contribution in [3.63, 3.8) is 0 Å². The number of hydrogen-bond donors (Lipinski definition) is 1. The van der Waals surface area contributed by atoms with Crippen LogP contribution in [0.25, 0.3) is 21.7 Å². The van der Waals surface area contributed by atoms with Crippen LogP contribution in [0.15, 0.2) is 118 Å². The van der Waals surface area contributed by atoms with Crippen molar-refractivity contribution in [3.8, 4) is 11.5 Å². The second-order valence-electron chi connectivity index (χ2n) is 9.66. The van der Waals surface area contributed by atoms with E-state index in [-0.39, 0.29) is 11.5 Å². The lowest BCUT2D eigenvalue weighted by atomic mass is 9.79. The lowest BCUT2D eigenvalue weighted by Gasteiger charge is -2.31. The lowest BCUT2D eigenvalue weighted by Crippen LogP contribution is -2.22. The first-order valence-corrected chi connectivity index (χ1v) is 12.9. The van der Waals surface area contributed by atoms with Gasteiger partial charge in [-0.2, -0.15) is 0 Å². The highest BCUT2D eigenvalue weighted by atomic mass is 16.5. The van der Waals surface area contributed by atoms with E-state index in [2.05, 4.69) is 29.6 Å². The van der Waals surface area contributed by atoms with Gasteiger partial charge in [0.2, 0.25) is 0 Å². The second kappa shape index (κ2) is 9.37. The Labute approximate surface area is 225 Å². The van der Waals surface area contributed by atoms with Crippen molar-refractivity contribution in [2.75, 3.05) is 12.4 Å². The summed E-state index contributed by atoms with van der Waals surface area (Å²) in [7, 11) is 1.63. The first-order chi connectivity index (χ1) is 19.2. The molecule has 1 aromatic heterocycles. The maximum Gasteiger partial charge on any atom is 0.342 e. The highest BCUT2D eigenvalue weighted by Gasteiger charge is 2.34. The Bertz CT molecular complexity index is 1910. The highest BCUT2D eigenvalue weighted by molar-refractivity contribution is 6.00. The molecule has 0 saturated carbocycles. The van der Waals surface area contributed by atoms with Gasteiger partial charge in [0.05, 0.1) is 18.4 Å². The monoisotopic (exact) mass is 511 g/mol. The molecule has 0 amide bonds. The maximum absolute atomic E-state index is 13.6. The van der Waals surface area contributed by atoms with Crippen molar-refractivity contribution in [1.82, 2.24) is 0 Å². The average Bonchev–Trinajstić information content (AvgIpc) is 2.99. The summed E-state index contributed by atoms with van der Waals surface area (Å²) in [5.41, 5.74) is 5.54. The van der Waals surface area contributed by atoms with Crippen molar-refractivity contribution >= 4 is 33.1 Å². The number of nitrogens with one attached hydrogen (secondary N) is 1. The molecular weight excluding hydrogens is 486 g/mol. The van der Waals surface area contributed by atoms with Crippen LogP contribution >= 0.6 is 0 Å². The van der Waals surface area contributed by atoms with Crippen LogP contribution in [-0.2, 0) is 6.61 Å². The molecule has 1 aliphatic heterocycles. The predicted octanol–water partition coefficient (Wildman–Crippen LogP) is 7.77. The predicted molar refractivity (Wildman–Crippen MR) is 154 cm³/mol. The Balaban J connectivity index is 1.43. The number of benzene rings is 5. The van der Waals surface area contributed by atoms with Gasteiger partial charge in [0.25, 0.3) is 0 Å². The third kappa shape index (κ3) is 3.91. The molecule has 0 bridgehead atoms. The van der Waals surface area contributed by atoms with Gasteiger partial charge in [-0.05, 0) is 57.8 Å². The van der Waals surface area contributed by atoms with Crippen LogP contribution in [0.3, 0.4) is 0 Å². The van der Waals surface area contributed by atoms with E-state index in [9.17, 15) is 4.79 Å². The van der Waals surface area contributed by atoms with Crippen molar-refractivity contribution < 1.29 is 13.9 Å². The summed E-state index contributed by atoms with van der Waals surface area (Å²) >= 11 is 0. The quantitative estimate of drug-likeness (QED) is 0.239. The zero-order valence-corrected chi connectivity index (χ0v) is 21.3. The molecule has 5 nitrogen and oxygen atoms in total. The van der Waals surface area contributed by atoms with Crippen LogP contribution in [-0.4, -0.2) is 7.11 Å². The van der Waals surface area contributed by atoms with Gasteiger partial charge in [-0.1, -0.05) is 78.9 Å². The minimum absolute atomic E-state index is 0.358. The highest BCUT2D eigenvalue weighted by Crippen LogP contribution is 2.49. The molecule has 1 N–H and O–H groups in total. The van der Waals surface area contributed by atoms with Crippen LogP contribution < -0.4 is 20.4 Å². The van der Waals surface area contributed by atoms with Crippen LogP contribution in [0.4, 0.5) is 11.4 Å². The number of methoxy groups -OCH3 is 1. The summed E-state index contributed by atoms with van der Waals surface area (Å²) in [6, 6.07) is 36.0. The Kier molecular flexibility index (Phi) is 5.55. The van der Waals surface area contributed by atoms with E-state index in [1.807, 2.05) is 84.9 Å². The molecule has 7 rings (SSSR count). The third-order valence-electron chi connectivity index (χ3n) is 7.41. The summed E-state index contributed by atoms with van der Waals surface area (Å²) < 4.78 is 17.8. The smallest absolute Gasteiger partial charge is 0.342 e. The van der Waals surface area contributed by atoms with E-state index in [0.717, 1.165) is 44.2 Å². The van der Waals surface area contributed by atoms with Gasteiger partial charge in [0, 0.05) is 17.0 Å². The summed E-state index contributed by atoms with van der Waals surface area (Å²) in [5.74, 6) is 0.874. The normalized spacial score (nSPS) is 13.9. The molecule has 1 atom stereocenters. The van der Waals surface area contributed by atoms with Gasteiger partial charge in [-0.25, -0.2) is 4.79 Å². The van der Waals surface area contributed by atoms with E-state index in [4.69, 9.17) is 13.9 Å². The average molecular weight is 512 g/mol. The fourth-order valence-electron chi connectivity index (χ4n) is 5.61. The number of hydrogen-bond acceptors (Lipinski definition) is 5. The SMILES string of the molecule is COc1cc(C2c3c(c4ccccc4oc3=O)Nc3ccc4ccccc4c32)ccc1OCc1ccccc1. The van der Waals surface area contributed by atoms with E-state index < -0.39 is 0 Å². The molecule has 6 aromatic rings. The molecule has 0 spiro atoms. The summed E-state index contributed by atoms with van der Waals surface area (Å²) in [5, 5.41) is 6.63. The molecular formula is C34H25NO4. The lowest BCUT2D eigenvalue weighted by molar-refractivity contribution is 0.284. The first kappa shape index (κ1) is 23.1. The topological polar surface area (TPSA) is 60.7 Å². The zero-order valence-electron chi connectivity index (χ0n) is 21.3. The number of rotatable bonds is 5. The molecule has 0 saturated heterocycles. The second-order valence-corrected chi connectivity index (χ2v) is 9.66. The summed E-state index contributed by atoms with van der Waals surface area (Å²) in [6.45, 7) is 0.426. The largest absolute Gasteiger partial charge is 0.493 e. The Morgan fingerprint density at radius 3 is 2.38 bits per heavy atom. The number of para-hydroxylation sites is 1. The molecule has 1 unspecified atom stereocenters. The molecule has 190 valence electrons.